The summed E-state index contributed by atoms with van der Waals surface area (Å²) < 4.78 is 11.4. The van der Waals surface area contributed by atoms with Crippen molar-refractivity contribution in [3.8, 4) is 0 Å². The SMILES string of the molecule is CO[C@H]1CC[C@H]2[C@H]1OCCN2C(=O)c1cccc2ccccc12. The monoisotopic (exact) mass is 311 g/mol. The fourth-order valence-corrected chi connectivity index (χ4v) is 3.99. The van der Waals surface area contributed by atoms with Crippen molar-refractivity contribution in [2.75, 3.05) is 20.3 Å². The molecule has 0 bridgehead atoms. The van der Waals surface area contributed by atoms with E-state index in [9.17, 15) is 4.79 Å². The van der Waals surface area contributed by atoms with Gasteiger partial charge in [-0.1, -0.05) is 36.4 Å². The molecule has 1 aliphatic carbocycles. The van der Waals surface area contributed by atoms with Gasteiger partial charge in [-0.25, -0.2) is 0 Å². The van der Waals surface area contributed by atoms with Crippen LogP contribution in [0.5, 0.6) is 0 Å². The minimum Gasteiger partial charge on any atom is -0.379 e. The largest absolute Gasteiger partial charge is 0.379 e. The quantitative estimate of drug-likeness (QED) is 0.856. The summed E-state index contributed by atoms with van der Waals surface area (Å²) in [5, 5.41) is 2.12. The van der Waals surface area contributed by atoms with Crippen LogP contribution in [-0.4, -0.2) is 49.3 Å². The Bertz CT molecular complexity index is 724. The van der Waals surface area contributed by atoms with Crippen molar-refractivity contribution in [2.45, 2.75) is 31.1 Å². The predicted octanol–water partition coefficient (Wildman–Crippen LogP) is 2.86. The van der Waals surface area contributed by atoms with Gasteiger partial charge in [-0.2, -0.15) is 0 Å². The lowest BCUT2D eigenvalue weighted by molar-refractivity contribution is -0.0946. The van der Waals surface area contributed by atoms with Crippen molar-refractivity contribution in [1.82, 2.24) is 4.90 Å². The first-order chi connectivity index (χ1) is 11.3. The van der Waals surface area contributed by atoms with Crippen LogP contribution in [0, 0.1) is 0 Å². The first-order valence-corrected chi connectivity index (χ1v) is 8.23. The second kappa shape index (κ2) is 5.95. The molecule has 0 spiro atoms. The van der Waals surface area contributed by atoms with Gasteiger partial charge in [-0.15, -0.1) is 0 Å². The lowest BCUT2D eigenvalue weighted by Crippen LogP contribution is -2.53. The van der Waals surface area contributed by atoms with Crippen LogP contribution in [0.2, 0.25) is 0 Å². The van der Waals surface area contributed by atoms with Gasteiger partial charge < -0.3 is 14.4 Å². The number of hydrogen-bond donors (Lipinski definition) is 0. The van der Waals surface area contributed by atoms with E-state index in [0.29, 0.717) is 13.2 Å². The van der Waals surface area contributed by atoms with Crippen LogP contribution in [-0.2, 0) is 9.47 Å². The average molecular weight is 311 g/mol. The van der Waals surface area contributed by atoms with Crippen LogP contribution >= 0.6 is 0 Å². The number of nitrogens with zero attached hydrogens (tertiary/aromatic N) is 1. The van der Waals surface area contributed by atoms with E-state index in [4.69, 9.17) is 9.47 Å². The van der Waals surface area contributed by atoms with Crippen molar-refractivity contribution in [2.24, 2.45) is 0 Å². The highest BCUT2D eigenvalue weighted by Crippen LogP contribution is 2.33. The number of morpholine rings is 1. The summed E-state index contributed by atoms with van der Waals surface area (Å²) in [6, 6.07) is 14.1. The van der Waals surface area contributed by atoms with Crippen molar-refractivity contribution in [1.29, 1.82) is 0 Å². The van der Waals surface area contributed by atoms with Gasteiger partial charge in [0, 0.05) is 19.2 Å². The number of methoxy groups -OCH3 is 1. The highest BCUT2D eigenvalue weighted by Gasteiger charge is 2.44. The number of carbonyl (C=O) groups is 1. The van der Waals surface area contributed by atoms with Gasteiger partial charge >= 0.3 is 0 Å². The molecular weight excluding hydrogens is 290 g/mol. The highest BCUT2D eigenvalue weighted by atomic mass is 16.5. The Morgan fingerprint density at radius 2 is 2.00 bits per heavy atom. The van der Waals surface area contributed by atoms with Gasteiger partial charge in [0.05, 0.1) is 18.8 Å². The van der Waals surface area contributed by atoms with E-state index >= 15 is 0 Å². The molecule has 1 aliphatic heterocycles. The van der Waals surface area contributed by atoms with Crippen LogP contribution in [0.4, 0.5) is 0 Å². The summed E-state index contributed by atoms with van der Waals surface area (Å²) in [5.74, 6) is 0.108. The molecule has 0 aromatic heterocycles. The first-order valence-electron chi connectivity index (χ1n) is 8.23. The van der Waals surface area contributed by atoms with Gasteiger partial charge in [0.25, 0.3) is 5.91 Å². The highest BCUT2D eigenvalue weighted by molar-refractivity contribution is 6.07. The molecule has 2 aromatic carbocycles. The third kappa shape index (κ3) is 2.42. The fourth-order valence-electron chi connectivity index (χ4n) is 3.99. The predicted molar refractivity (Wildman–Crippen MR) is 88.5 cm³/mol. The van der Waals surface area contributed by atoms with Crippen molar-refractivity contribution in [3.05, 3.63) is 48.0 Å². The maximum Gasteiger partial charge on any atom is 0.254 e. The Balaban J connectivity index is 1.68. The number of fused-ring (bicyclic) bond motifs is 2. The van der Waals surface area contributed by atoms with E-state index in [0.717, 1.165) is 29.2 Å². The minimum atomic E-state index is 0.00711. The number of benzene rings is 2. The first kappa shape index (κ1) is 14.7. The van der Waals surface area contributed by atoms with E-state index in [1.54, 1.807) is 7.11 Å². The summed E-state index contributed by atoms with van der Waals surface area (Å²) in [6.07, 6.45) is 2.00. The fraction of sp³-hybridized carbons (Fsp3) is 0.421. The Morgan fingerprint density at radius 1 is 1.17 bits per heavy atom. The van der Waals surface area contributed by atoms with Crippen LogP contribution in [0.25, 0.3) is 10.8 Å². The second-order valence-corrected chi connectivity index (χ2v) is 6.28. The smallest absolute Gasteiger partial charge is 0.254 e. The molecule has 4 rings (SSSR count). The molecule has 0 unspecified atom stereocenters. The number of ether oxygens (including phenoxy) is 2. The molecule has 2 fully saturated rings. The number of carbonyl (C=O) groups excluding carboxylic acids is 1. The summed E-state index contributed by atoms with van der Waals surface area (Å²) in [5.41, 5.74) is 0.782. The van der Waals surface area contributed by atoms with Gasteiger partial charge in [0.2, 0.25) is 0 Å². The Kier molecular flexibility index (Phi) is 3.79. The molecule has 120 valence electrons. The third-order valence-corrected chi connectivity index (χ3v) is 5.12. The number of rotatable bonds is 2. The van der Waals surface area contributed by atoms with Gasteiger partial charge in [-0.3, -0.25) is 4.79 Å². The third-order valence-electron chi connectivity index (χ3n) is 5.12. The van der Waals surface area contributed by atoms with E-state index < -0.39 is 0 Å². The maximum atomic E-state index is 13.2. The zero-order valence-corrected chi connectivity index (χ0v) is 13.3. The molecule has 4 nitrogen and oxygen atoms in total. The number of hydrogen-bond acceptors (Lipinski definition) is 3. The molecule has 2 aromatic rings. The molecule has 3 atom stereocenters. The summed E-state index contributed by atoms with van der Waals surface area (Å²) >= 11 is 0. The normalized spacial score (nSPS) is 27.2. The molecule has 0 N–H and O–H groups in total. The van der Waals surface area contributed by atoms with Gasteiger partial charge in [0.1, 0.15) is 6.10 Å². The van der Waals surface area contributed by atoms with E-state index in [2.05, 4.69) is 0 Å². The summed E-state index contributed by atoms with van der Waals surface area (Å²) in [4.78, 5) is 15.2. The van der Waals surface area contributed by atoms with Gasteiger partial charge in [0.15, 0.2) is 0 Å². The molecule has 2 aliphatic rings. The summed E-state index contributed by atoms with van der Waals surface area (Å²) in [7, 11) is 1.72. The molecule has 1 saturated heterocycles. The Hall–Kier alpha value is -1.91. The van der Waals surface area contributed by atoms with Crippen molar-refractivity contribution >= 4 is 16.7 Å². The van der Waals surface area contributed by atoms with Crippen LogP contribution in [0.3, 0.4) is 0 Å². The zero-order valence-electron chi connectivity index (χ0n) is 13.3. The van der Waals surface area contributed by atoms with Crippen molar-refractivity contribution in [3.63, 3.8) is 0 Å². The molecule has 1 saturated carbocycles. The van der Waals surface area contributed by atoms with Crippen LogP contribution in [0.15, 0.2) is 42.5 Å². The molecule has 0 radical (unpaired) electrons. The van der Waals surface area contributed by atoms with Crippen molar-refractivity contribution < 1.29 is 14.3 Å². The Labute approximate surface area is 136 Å². The van der Waals surface area contributed by atoms with Crippen LogP contribution < -0.4 is 0 Å². The standard InChI is InChI=1S/C19H21NO3/c1-22-17-10-9-16-18(17)23-12-11-20(16)19(21)15-8-4-6-13-5-2-3-7-14(13)15/h2-8,16-18H,9-12H2,1H3/t16-,17-,18+/m0/s1. The van der Waals surface area contributed by atoms with E-state index in [1.165, 1.54) is 0 Å². The summed E-state index contributed by atoms with van der Waals surface area (Å²) in [6.45, 7) is 1.23. The molecular formula is C19H21NO3. The van der Waals surface area contributed by atoms with E-state index in [-0.39, 0.29) is 24.2 Å². The van der Waals surface area contributed by atoms with Gasteiger partial charge in [-0.05, 0) is 29.7 Å². The molecule has 23 heavy (non-hydrogen) atoms. The topological polar surface area (TPSA) is 38.8 Å². The molecule has 1 heterocycles. The maximum absolute atomic E-state index is 13.2. The lowest BCUT2D eigenvalue weighted by atomic mass is 10.0. The van der Waals surface area contributed by atoms with E-state index in [1.807, 2.05) is 47.4 Å². The minimum absolute atomic E-state index is 0.00711. The average Bonchev–Trinajstić information content (AvgIpc) is 3.04. The lowest BCUT2D eigenvalue weighted by Gasteiger charge is -2.39. The molecule has 1 amide bonds. The molecule has 4 heteroatoms. The zero-order chi connectivity index (χ0) is 15.8. The number of amides is 1. The van der Waals surface area contributed by atoms with Crippen LogP contribution in [0.1, 0.15) is 23.2 Å². The second-order valence-electron chi connectivity index (χ2n) is 6.28. The Morgan fingerprint density at radius 3 is 2.87 bits per heavy atom.